The van der Waals surface area contributed by atoms with Gasteiger partial charge in [-0.1, -0.05) is 41.4 Å². The van der Waals surface area contributed by atoms with Gasteiger partial charge in [0.1, 0.15) is 0 Å². The highest BCUT2D eigenvalue weighted by molar-refractivity contribution is 9.10. The van der Waals surface area contributed by atoms with Crippen LogP contribution >= 0.6 is 39.1 Å². The Labute approximate surface area is 134 Å². The van der Waals surface area contributed by atoms with Crippen LogP contribution in [0.2, 0.25) is 10.0 Å². The standard InChI is InChI=1S/C14H10BrCl2F2N/c1-20-14(8-3-2-4-9(16)12(8)17)7-5-6-10(18)13(19)11(7)15/h2-6,14,20H,1H3. The molecule has 2 rings (SSSR count). The minimum Gasteiger partial charge on any atom is -0.309 e. The minimum atomic E-state index is -0.930. The van der Waals surface area contributed by atoms with Crippen molar-refractivity contribution in [3.63, 3.8) is 0 Å². The summed E-state index contributed by atoms with van der Waals surface area (Å²) >= 11 is 15.3. The molecule has 1 nitrogen and oxygen atoms in total. The fourth-order valence-corrected chi connectivity index (χ4v) is 2.95. The quantitative estimate of drug-likeness (QED) is 0.708. The summed E-state index contributed by atoms with van der Waals surface area (Å²) in [6.07, 6.45) is 0. The van der Waals surface area contributed by atoms with E-state index < -0.39 is 17.7 Å². The molecule has 0 heterocycles. The largest absolute Gasteiger partial charge is 0.309 e. The topological polar surface area (TPSA) is 12.0 Å². The number of halogens is 5. The third-order valence-corrected chi connectivity index (χ3v) is 4.60. The maximum absolute atomic E-state index is 13.7. The van der Waals surface area contributed by atoms with E-state index in [2.05, 4.69) is 21.2 Å². The highest BCUT2D eigenvalue weighted by Crippen LogP contribution is 2.36. The molecule has 1 N–H and O–H groups in total. The number of nitrogens with one attached hydrogen (secondary N) is 1. The Morgan fingerprint density at radius 1 is 1.10 bits per heavy atom. The molecule has 0 aromatic heterocycles. The molecular formula is C14H10BrCl2F2N. The van der Waals surface area contributed by atoms with Gasteiger partial charge < -0.3 is 5.32 Å². The van der Waals surface area contributed by atoms with Gasteiger partial charge in [-0.3, -0.25) is 0 Å². The van der Waals surface area contributed by atoms with Gasteiger partial charge >= 0.3 is 0 Å². The summed E-state index contributed by atoms with van der Waals surface area (Å²) in [6.45, 7) is 0. The van der Waals surface area contributed by atoms with Crippen LogP contribution in [0.5, 0.6) is 0 Å². The Morgan fingerprint density at radius 2 is 1.80 bits per heavy atom. The zero-order chi connectivity index (χ0) is 14.9. The first-order valence-corrected chi connectivity index (χ1v) is 7.26. The molecule has 0 saturated heterocycles. The van der Waals surface area contributed by atoms with Crippen molar-refractivity contribution in [1.82, 2.24) is 5.32 Å². The molecule has 2 aromatic rings. The van der Waals surface area contributed by atoms with E-state index in [9.17, 15) is 8.78 Å². The smallest absolute Gasteiger partial charge is 0.173 e. The van der Waals surface area contributed by atoms with Crippen LogP contribution in [0.4, 0.5) is 8.78 Å². The average molecular weight is 381 g/mol. The van der Waals surface area contributed by atoms with E-state index in [0.717, 1.165) is 6.07 Å². The van der Waals surface area contributed by atoms with Crippen molar-refractivity contribution in [3.05, 3.63) is 67.6 Å². The van der Waals surface area contributed by atoms with Crippen LogP contribution in [-0.4, -0.2) is 7.05 Å². The molecule has 106 valence electrons. The second-order valence-corrected chi connectivity index (χ2v) is 5.71. The summed E-state index contributed by atoms with van der Waals surface area (Å²) in [7, 11) is 1.70. The Bertz CT molecular complexity index is 649. The monoisotopic (exact) mass is 379 g/mol. The lowest BCUT2D eigenvalue weighted by atomic mass is 9.98. The zero-order valence-electron chi connectivity index (χ0n) is 10.4. The van der Waals surface area contributed by atoms with Crippen LogP contribution in [0.1, 0.15) is 17.2 Å². The van der Waals surface area contributed by atoms with E-state index in [1.165, 1.54) is 6.07 Å². The van der Waals surface area contributed by atoms with Crippen molar-refractivity contribution < 1.29 is 8.78 Å². The molecule has 1 atom stereocenters. The molecule has 0 aliphatic heterocycles. The molecule has 0 fully saturated rings. The number of rotatable bonds is 3. The Morgan fingerprint density at radius 3 is 2.45 bits per heavy atom. The Balaban J connectivity index is 2.59. The molecule has 20 heavy (non-hydrogen) atoms. The first-order chi connectivity index (χ1) is 9.47. The lowest BCUT2D eigenvalue weighted by Crippen LogP contribution is -2.19. The summed E-state index contributed by atoms with van der Waals surface area (Å²) < 4.78 is 26.9. The summed E-state index contributed by atoms with van der Waals surface area (Å²) in [4.78, 5) is 0. The van der Waals surface area contributed by atoms with Crippen LogP contribution < -0.4 is 5.32 Å². The third kappa shape index (κ3) is 2.84. The normalized spacial score (nSPS) is 12.5. The van der Waals surface area contributed by atoms with Gasteiger partial charge in [0.05, 0.1) is 20.6 Å². The average Bonchev–Trinajstić information content (AvgIpc) is 2.44. The summed E-state index contributed by atoms with van der Waals surface area (Å²) in [6, 6.07) is 7.37. The zero-order valence-corrected chi connectivity index (χ0v) is 13.5. The van der Waals surface area contributed by atoms with Crippen LogP contribution in [0.25, 0.3) is 0 Å². The van der Waals surface area contributed by atoms with Crippen LogP contribution in [0.3, 0.4) is 0 Å². The Hall–Kier alpha value is -0.680. The SMILES string of the molecule is CNC(c1cccc(Cl)c1Cl)c1ccc(F)c(F)c1Br. The molecule has 0 radical (unpaired) electrons. The van der Waals surface area contributed by atoms with E-state index in [1.807, 2.05) is 0 Å². The summed E-state index contributed by atoms with van der Waals surface area (Å²) in [5, 5.41) is 3.81. The fourth-order valence-electron chi connectivity index (χ4n) is 1.99. The summed E-state index contributed by atoms with van der Waals surface area (Å²) in [5.41, 5.74) is 1.23. The van der Waals surface area contributed by atoms with Gasteiger partial charge in [0.25, 0.3) is 0 Å². The molecule has 1 unspecified atom stereocenters. The van der Waals surface area contributed by atoms with E-state index in [-0.39, 0.29) is 4.47 Å². The first-order valence-electron chi connectivity index (χ1n) is 5.72. The van der Waals surface area contributed by atoms with Crippen LogP contribution in [-0.2, 0) is 0 Å². The minimum absolute atomic E-state index is 0.0629. The molecule has 6 heteroatoms. The van der Waals surface area contributed by atoms with Gasteiger partial charge in [0.2, 0.25) is 0 Å². The second kappa shape index (κ2) is 6.39. The fraction of sp³-hybridized carbons (Fsp3) is 0.143. The molecule has 0 spiro atoms. The molecule has 0 bridgehead atoms. The van der Waals surface area contributed by atoms with Gasteiger partial charge in [-0.25, -0.2) is 8.78 Å². The van der Waals surface area contributed by atoms with E-state index in [1.54, 1.807) is 25.2 Å². The molecule has 2 aromatic carbocycles. The van der Waals surface area contributed by atoms with Crippen molar-refractivity contribution in [1.29, 1.82) is 0 Å². The van der Waals surface area contributed by atoms with E-state index in [0.29, 0.717) is 21.2 Å². The van der Waals surface area contributed by atoms with Gasteiger partial charge in [-0.15, -0.1) is 0 Å². The van der Waals surface area contributed by atoms with E-state index >= 15 is 0 Å². The van der Waals surface area contributed by atoms with E-state index in [4.69, 9.17) is 23.2 Å². The highest BCUT2D eigenvalue weighted by atomic mass is 79.9. The van der Waals surface area contributed by atoms with Crippen LogP contribution in [0, 0.1) is 11.6 Å². The first kappa shape index (κ1) is 15.7. The van der Waals surface area contributed by atoms with Gasteiger partial charge in [0, 0.05) is 0 Å². The predicted molar refractivity (Wildman–Crippen MR) is 81.4 cm³/mol. The van der Waals surface area contributed by atoms with Gasteiger partial charge in [0.15, 0.2) is 11.6 Å². The van der Waals surface area contributed by atoms with Crippen molar-refractivity contribution in [3.8, 4) is 0 Å². The van der Waals surface area contributed by atoms with Crippen molar-refractivity contribution >= 4 is 39.1 Å². The third-order valence-electron chi connectivity index (χ3n) is 2.96. The van der Waals surface area contributed by atoms with Gasteiger partial charge in [-0.05, 0) is 46.2 Å². The molecular weight excluding hydrogens is 371 g/mol. The number of benzene rings is 2. The molecule has 0 saturated carbocycles. The highest BCUT2D eigenvalue weighted by Gasteiger charge is 2.22. The predicted octanol–water partition coefficient (Wildman–Crippen LogP) is 5.34. The number of hydrogen-bond donors (Lipinski definition) is 1. The molecule has 0 amide bonds. The molecule has 0 aliphatic carbocycles. The Kier molecular flexibility index (Phi) is 5.02. The maximum Gasteiger partial charge on any atom is 0.173 e. The van der Waals surface area contributed by atoms with Crippen molar-refractivity contribution in [2.24, 2.45) is 0 Å². The van der Waals surface area contributed by atoms with Crippen molar-refractivity contribution in [2.45, 2.75) is 6.04 Å². The van der Waals surface area contributed by atoms with Crippen LogP contribution in [0.15, 0.2) is 34.8 Å². The maximum atomic E-state index is 13.7. The number of hydrogen-bond acceptors (Lipinski definition) is 1. The van der Waals surface area contributed by atoms with Gasteiger partial charge in [-0.2, -0.15) is 0 Å². The molecule has 0 aliphatic rings. The lowest BCUT2D eigenvalue weighted by Gasteiger charge is -2.20. The lowest BCUT2D eigenvalue weighted by molar-refractivity contribution is 0.499. The van der Waals surface area contributed by atoms with Crippen molar-refractivity contribution in [2.75, 3.05) is 7.05 Å². The second-order valence-electron chi connectivity index (χ2n) is 4.13. The summed E-state index contributed by atoms with van der Waals surface area (Å²) in [5.74, 6) is -1.84.